The Hall–Kier alpha value is 0. The molecule has 0 aromatic rings. The maximum atomic E-state index is 2.47. The Morgan fingerprint density at radius 1 is 1.13 bits per heavy atom. The van der Waals surface area contributed by atoms with Crippen molar-refractivity contribution in [2.24, 2.45) is 29.6 Å². The van der Waals surface area contributed by atoms with E-state index in [2.05, 4.69) is 34.6 Å². The first-order chi connectivity index (χ1) is 7.11. The van der Waals surface area contributed by atoms with Gasteiger partial charge in [-0.3, -0.25) is 0 Å². The molecule has 0 heterocycles. The van der Waals surface area contributed by atoms with Crippen molar-refractivity contribution in [1.82, 2.24) is 0 Å². The van der Waals surface area contributed by atoms with Crippen molar-refractivity contribution in [3.63, 3.8) is 0 Å². The molecule has 5 unspecified atom stereocenters. The summed E-state index contributed by atoms with van der Waals surface area (Å²) in [6.45, 7) is 16.0. The Morgan fingerprint density at radius 2 is 1.67 bits per heavy atom. The normalized spacial score (nSPS) is 33.4. The van der Waals surface area contributed by atoms with Crippen LogP contribution in [-0.4, -0.2) is 0 Å². The Labute approximate surface area is 97.8 Å². The lowest BCUT2D eigenvalue weighted by molar-refractivity contribution is 0.0117. The zero-order chi connectivity index (χ0) is 12.0. The molecule has 0 aromatic heterocycles. The van der Waals surface area contributed by atoms with E-state index in [4.69, 9.17) is 0 Å². The van der Waals surface area contributed by atoms with Gasteiger partial charge in [0.15, 0.2) is 0 Å². The van der Waals surface area contributed by atoms with E-state index in [1.165, 1.54) is 19.3 Å². The third-order valence-corrected chi connectivity index (χ3v) is 4.55. The van der Waals surface area contributed by atoms with Crippen molar-refractivity contribution in [2.45, 2.75) is 67.7 Å². The van der Waals surface area contributed by atoms with Crippen LogP contribution in [0.3, 0.4) is 0 Å². The molecular weight excluding hydrogens is 180 g/mol. The second-order valence-electron chi connectivity index (χ2n) is 5.20. The predicted molar refractivity (Wildman–Crippen MR) is 71.0 cm³/mol. The molecule has 1 aliphatic carbocycles. The summed E-state index contributed by atoms with van der Waals surface area (Å²) < 4.78 is 0. The van der Waals surface area contributed by atoms with Gasteiger partial charge in [0.1, 0.15) is 0 Å². The van der Waals surface area contributed by atoms with Crippen molar-refractivity contribution >= 4 is 0 Å². The second-order valence-corrected chi connectivity index (χ2v) is 5.20. The van der Waals surface area contributed by atoms with Crippen LogP contribution < -0.4 is 0 Å². The van der Waals surface area contributed by atoms with Crippen LogP contribution in [-0.2, 0) is 0 Å². The lowest BCUT2D eigenvalue weighted by atomic mass is 9.57. The highest BCUT2D eigenvalue weighted by Crippen LogP contribution is 2.48. The summed E-state index contributed by atoms with van der Waals surface area (Å²) in [6, 6.07) is 0. The molecule has 0 nitrogen and oxygen atoms in total. The molecule has 1 fully saturated rings. The molecule has 5 atom stereocenters. The van der Waals surface area contributed by atoms with Crippen LogP contribution in [0.15, 0.2) is 0 Å². The first-order valence-electron chi connectivity index (χ1n) is 7.11. The molecule has 0 amide bonds. The lowest BCUT2D eigenvalue weighted by Crippen LogP contribution is -2.40. The highest BCUT2D eigenvalue weighted by atomic mass is 14.5. The molecule has 0 N–H and O–H groups in total. The van der Waals surface area contributed by atoms with Crippen molar-refractivity contribution < 1.29 is 0 Å². The smallest absolute Gasteiger partial charge is 0.0332 e. The molecule has 0 saturated heterocycles. The van der Waals surface area contributed by atoms with Crippen LogP contribution >= 0.6 is 0 Å². The Kier molecular flexibility index (Phi) is 7.30. The quantitative estimate of drug-likeness (QED) is 0.587. The van der Waals surface area contributed by atoms with Gasteiger partial charge in [0.25, 0.3) is 0 Å². The summed E-state index contributed by atoms with van der Waals surface area (Å²) in [5.41, 5.74) is 0. The molecule has 92 valence electrons. The largest absolute Gasteiger partial charge is 0.0683 e. The van der Waals surface area contributed by atoms with E-state index in [1.54, 1.807) is 0 Å². The predicted octanol–water partition coefficient (Wildman–Crippen LogP) is 5.38. The van der Waals surface area contributed by atoms with E-state index in [9.17, 15) is 0 Å². The minimum absolute atomic E-state index is 0.918. The highest BCUT2D eigenvalue weighted by molar-refractivity contribution is 4.90. The third-order valence-electron chi connectivity index (χ3n) is 4.55. The Bertz CT molecular complexity index is 150. The molecule has 1 saturated carbocycles. The van der Waals surface area contributed by atoms with E-state index in [0.29, 0.717) is 0 Å². The van der Waals surface area contributed by atoms with Crippen LogP contribution in [0.4, 0.5) is 0 Å². The Morgan fingerprint density at radius 3 is 2.00 bits per heavy atom. The monoisotopic (exact) mass is 212 g/mol. The standard InChI is InChI=1S/C13H26.C2H6/c1-6-9(3)11(5)13-10(4)8-12(13)7-2;1-2/h9-13H,6-8H2,1-5H3;1-2H3. The van der Waals surface area contributed by atoms with Crippen LogP contribution in [0.2, 0.25) is 0 Å². The second kappa shape index (κ2) is 7.30. The van der Waals surface area contributed by atoms with Gasteiger partial charge in [-0.1, -0.05) is 61.3 Å². The summed E-state index contributed by atoms with van der Waals surface area (Å²) in [5.74, 6) is 4.92. The minimum atomic E-state index is 0.918. The number of hydrogen-bond donors (Lipinski definition) is 0. The molecule has 0 bridgehead atoms. The number of hydrogen-bond acceptors (Lipinski definition) is 0. The van der Waals surface area contributed by atoms with Crippen molar-refractivity contribution in [1.29, 1.82) is 0 Å². The average Bonchev–Trinajstić information content (AvgIpc) is 2.26. The van der Waals surface area contributed by atoms with Crippen molar-refractivity contribution in [3.8, 4) is 0 Å². The molecular formula is C15H32. The summed E-state index contributed by atoms with van der Waals surface area (Å²) in [4.78, 5) is 0. The van der Waals surface area contributed by atoms with Gasteiger partial charge in [0.2, 0.25) is 0 Å². The van der Waals surface area contributed by atoms with Crippen LogP contribution in [0.5, 0.6) is 0 Å². The lowest BCUT2D eigenvalue weighted by Gasteiger charge is -2.48. The van der Waals surface area contributed by atoms with E-state index in [0.717, 1.165) is 29.6 Å². The fourth-order valence-electron chi connectivity index (χ4n) is 3.20. The molecule has 15 heavy (non-hydrogen) atoms. The van der Waals surface area contributed by atoms with Gasteiger partial charge in [-0.2, -0.15) is 0 Å². The zero-order valence-corrected chi connectivity index (χ0v) is 12.0. The molecule has 1 aliphatic rings. The minimum Gasteiger partial charge on any atom is -0.0683 e. The number of rotatable bonds is 4. The van der Waals surface area contributed by atoms with E-state index < -0.39 is 0 Å². The highest BCUT2D eigenvalue weighted by Gasteiger charge is 2.40. The summed E-state index contributed by atoms with van der Waals surface area (Å²) >= 11 is 0. The maximum Gasteiger partial charge on any atom is -0.0332 e. The molecule has 1 rings (SSSR count). The first kappa shape index (κ1) is 15.0. The molecule has 0 spiro atoms. The van der Waals surface area contributed by atoms with E-state index >= 15 is 0 Å². The van der Waals surface area contributed by atoms with Gasteiger partial charge in [-0.15, -0.1) is 0 Å². The Balaban J connectivity index is 0.000000921. The van der Waals surface area contributed by atoms with Gasteiger partial charge in [0, 0.05) is 0 Å². The van der Waals surface area contributed by atoms with Gasteiger partial charge >= 0.3 is 0 Å². The first-order valence-corrected chi connectivity index (χ1v) is 7.11. The fraction of sp³-hybridized carbons (Fsp3) is 1.00. The molecule has 0 aromatic carbocycles. The fourth-order valence-corrected chi connectivity index (χ4v) is 3.20. The average molecular weight is 212 g/mol. The maximum absolute atomic E-state index is 2.47. The van der Waals surface area contributed by atoms with Gasteiger partial charge in [0.05, 0.1) is 0 Å². The van der Waals surface area contributed by atoms with Gasteiger partial charge < -0.3 is 0 Å². The molecule has 0 heteroatoms. The zero-order valence-electron chi connectivity index (χ0n) is 12.0. The topological polar surface area (TPSA) is 0 Å². The van der Waals surface area contributed by atoms with Crippen LogP contribution in [0, 0.1) is 29.6 Å². The van der Waals surface area contributed by atoms with Gasteiger partial charge in [-0.05, 0) is 36.0 Å². The molecule has 0 radical (unpaired) electrons. The summed E-state index contributed by atoms with van der Waals surface area (Å²) in [5, 5.41) is 0. The van der Waals surface area contributed by atoms with Gasteiger partial charge in [-0.25, -0.2) is 0 Å². The summed E-state index contributed by atoms with van der Waals surface area (Å²) in [6.07, 6.45) is 4.23. The van der Waals surface area contributed by atoms with Crippen molar-refractivity contribution in [2.75, 3.05) is 0 Å². The third kappa shape index (κ3) is 3.50. The van der Waals surface area contributed by atoms with Crippen LogP contribution in [0.1, 0.15) is 67.7 Å². The van der Waals surface area contributed by atoms with Crippen LogP contribution in [0.25, 0.3) is 0 Å². The SMILES string of the molecule is CC.CCC(C)C(C)C1C(C)CC1CC. The summed E-state index contributed by atoms with van der Waals surface area (Å²) in [7, 11) is 0. The molecule has 0 aliphatic heterocycles. The van der Waals surface area contributed by atoms with E-state index in [-0.39, 0.29) is 0 Å². The van der Waals surface area contributed by atoms with E-state index in [1.807, 2.05) is 13.8 Å². The van der Waals surface area contributed by atoms with Crippen molar-refractivity contribution in [3.05, 3.63) is 0 Å².